The molecule has 41 heteroatoms. The number of ketones is 2. The summed E-state index contributed by atoms with van der Waals surface area (Å²) in [6.07, 6.45) is 1.55. The van der Waals surface area contributed by atoms with Crippen LogP contribution in [0.4, 0.5) is 21.9 Å². The Morgan fingerprint density at radius 2 is 0.652 bits per heavy atom. The lowest BCUT2D eigenvalue weighted by atomic mass is 10.0. The van der Waals surface area contributed by atoms with E-state index in [0.29, 0.717) is 101 Å². The quantitative estimate of drug-likeness (QED) is 0.0167. The van der Waals surface area contributed by atoms with Crippen LogP contribution in [-0.2, 0) is 0 Å². The van der Waals surface area contributed by atoms with Crippen molar-refractivity contribution in [2.24, 2.45) is 130 Å². The van der Waals surface area contributed by atoms with Crippen molar-refractivity contribution >= 4 is 192 Å². The average molecular weight is 1390 g/mol. The number of hydrazone groups is 2. The van der Waals surface area contributed by atoms with E-state index in [1.807, 2.05) is 0 Å². The van der Waals surface area contributed by atoms with Crippen LogP contribution in [0.2, 0.25) is 0 Å². The smallest absolute Gasteiger partial charge is 0.319 e. The Morgan fingerprint density at radius 3 is 0.944 bits per heavy atom. The van der Waals surface area contributed by atoms with Crippen LogP contribution >= 0.6 is 86.8 Å². The van der Waals surface area contributed by atoms with Gasteiger partial charge in [0, 0.05) is 70.1 Å². The highest BCUT2D eigenvalue weighted by molar-refractivity contribution is 6.08. The van der Waals surface area contributed by atoms with Crippen molar-refractivity contribution < 1.29 is 14.4 Å². The summed E-state index contributed by atoms with van der Waals surface area (Å²) in [5, 5.41) is 51.4. The van der Waals surface area contributed by atoms with Crippen molar-refractivity contribution in [2.45, 2.75) is 60.8 Å². The zero-order valence-corrected chi connectivity index (χ0v) is 55.1. The van der Waals surface area contributed by atoms with Gasteiger partial charge in [0.2, 0.25) is 47.7 Å². The number of guanidine groups is 8. The minimum absolute atomic E-state index is 0. The van der Waals surface area contributed by atoms with Gasteiger partial charge in [-0.2, -0.15) is 20.4 Å². The first-order chi connectivity index (χ1) is 38.8. The Hall–Kier alpha value is -8.90. The molecule has 0 aromatic heterocycles. The summed E-state index contributed by atoms with van der Waals surface area (Å²) >= 11 is 0. The zero-order valence-electron chi connectivity index (χ0n) is 49.4. The number of carbonyl (C=O) groups is 3. The Balaban J connectivity index is -0.00000336. The van der Waals surface area contributed by atoms with E-state index in [2.05, 4.69) is 88.0 Å². The number of urea groups is 1. The van der Waals surface area contributed by atoms with Crippen LogP contribution in [0.15, 0.2) is 116 Å². The van der Waals surface area contributed by atoms with Crippen LogP contribution in [0, 0.1) is 0 Å². The second-order valence-corrected chi connectivity index (χ2v) is 17.6. The van der Waals surface area contributed by atoms with Crippen molar-refractivity contribution in [1.29, 1.82) is 0 Å². The monoisotopic (exact) mass is 1390 g/mol. The molecule has 0 aliphatic carbocycles. The molecule has 0 fully saturated rings. The van der Waals surface area contributed by atoms with E-state index in [0.717, 1.165) is 0 Å². The molecule has 3 aromatic rings. The maximum atomic E-state index is 13.1. The van der Waals surface area contributed by atoms with Crippen molar-refractivity contribution in [3.05, 3.63) is 88.0 Å². The minimum atomic E-state index is -0.526. The highest BCUT2D eigenvalue weighted by atomic mass is 35.5. The molecule has 3 rings (SSSR count). The molecule has 34 nitrogen and oxygen atoms in total. The molecule has 496 valence electrons. The van der Waals surface area contributed by atoms with Crippen molar-refractivity contribution in [3.63, 3.8) is 0 Å². The molecular formula is C48H82Cl7N31O3. The summed E-state index contributed by atoms with van der Waals surface area (Å²) < 4.78 is 0. The first-order valence-corrected chi connectivity index (χ1v) is 24.9. The number of anilines is 3. The van der Waals surface area contributed by atoms with Gasteiger partial charge in [0.1, 0.15) is 0 Å². The molecule has 0 unspecified atom stereocenters. The van der Waals surface area contributed by atoms with Crippen molar-refractivity contribution in [1.82, 2.24) is 21.1 Å². The first kappa shape index (κ1) is 88.9. The van der Waals surface area contributed by atoms with Crippen molar-refractivity contribution in [3.8, 4) is 0 Å². The lowest BCUT2D eigenvalue weighted by Crippen LogP contribution is -2.34. The van der Waals surface area contributed by atoms with Gasteiger partial charge in [0.05, 0.1) is 22.8 Å². The Bertz CT molecular complexity index is 2850. The molecule has 0 aliphatic heterocycles. The second-order valence-electron chi connectivity index (χ2n) is 17.6. The molecular weight excluding hydrogens is 1310 g/mol. The number of rotatable bonds is 27. The summed E-state index contributed by atoms with van der Waals surface area (Å²) in [6.45, 7) is 11.9. The number of aliphatic imine (C=N–C) groups is 2. The summed E-state index contributed by atoms with van der Waals surface area (Å²) in [7, 11) is 0. The predicted octanol–water partition coefficient (Wildman–Crippen LogP) is 1.12. The van der Waals surface area contributed by atoms with Gasteiger partial charge in [-0.15, -0.1) is 117 Å². The fourth-order valence-corrected chi connectivity index (χ4v) is 6.80. The number of nitrogens with two attached hydrogens (primary N) is 12. The Morgan fingerprint density at radius 1 is 0.371 bits per heavy atom. The van der Waals surface area contributed by atoms with E-state index >= 15 is 0 Å². The first-order valence-electron chi connectivity index (χ1n) is 24.9. The van der Waals surface area contributed by atoms with E-state index in [1.165, 1.54) is 32.0 Å². The van der Waals surface area contributed by atoms with E-state index in [1.54, 1.807) is 64.1 Å². The van der Waals surface area contributed by atoms with Crippen LogP contribution < -0.4 is 101 Å². The summed E-state index contributed by atoms with van der Waals surface area (Å²) in [5.41, 5.74) is 78.6. The van der Waals surface area contributed by atoms with Gasteiger partial charge < -0.3 is 95.0 Å². The molecule has 0 spiro atoms. The minimum Gasteiger partial charge on any atom is -0.369 e. The van der Waals surface area contributed by atoms with Gasteiger partial charge in [-0.3, -0.25) is 19.6 Å². The lowest BCUT2D eigenvalue weighted by Gasteiger charge is -2.22. The number of halogens is 7. The molecule has 0 heterocycles. The van der Waals surface area contributed by atoms with Gasteiger partial charge >= 0.3 is 6.03 Å². The van der Waals surface area contributed by atoms with Crippen LogP contribution in [0.1, 0.15) is 104 Å². The number of carbonyl (C=O) groups excluding carboxylic acids is 3. The molecule has 3 aromatic carbocycles. The van der Waals surface area contributed by atoms with E-state index in [-0.39, 0.29) is 177 Å². The summed E-state index contributed by atoms with van der Waals surface area (Å²) in [5.74, 6) is -1.62. The summed E-state index contributed by atoms with van der Waals surface area (Å²) in [6, 6.07) is 14.6. The van der Waals surface area contributed by atoms with Crippen LogP contribution in [0.25, 0.3) is 0 Å². The molecule has 0 saturated heterocycles. The standard InChI is InChI=1S/C48H75N31O3.7ClH/c1-25(67-71-40(49)50)31-16-32(26(2)68-72-41(51)52)20-37(19-31)64-46(77-75-44(57)58)61-10-7-13-79(15-9-12-63-48(82)66-39-23-35(29(5)80)18-36(24-39)30(6)81)14-8-11-62-47(78-76-45(59)60)65-38-21-33(27(3)69-73-42(53)54)17-34(22-38)28(4)70-74-43(55)56;;;;;;;/h16-24H,7-15H2,1-6H3,(H4,49,50,71)(H4,51,52,72)(H4,53,54,73)(H4,55,56,74)(H4,57,58,75)(H4,59,60,76)(H2,61,64,77)(H2,62,65,78)(H2,63,66,82);7*1H. The van der Waals surface area contributed by atoms with Gasteiger partial charge in [0.15, 0.2) is 11.6 Å². The largest absolute Gasteiger partial charge is 0.369 e. The second kappa shape index (κ2) is 46.3. The molecule has 0 aliphatic rings. The highest BCUT2D eigenvalue weighted by Crippen LogP contribution is 2.20. The van der Waals surface area contributed by atoms with Gasteiger partial charge in [-0.25, -0.2) is 15.6 Å². The Kier molecular flexibility index (Phi) is 46.2. The van der Waals surface area contributed by atoms with E-state index in [9.17, 15) is 14.4 Å². The number of hydrogen-bond acceptors (Lipinski definition) is 16. The fraction of sp³-hybridized carbons (Fsp3) is 0.312. The molecule has 0 radical (unpaired) electrons. The number of benzene rings is 3. The Labute approximate surface area is 558 Å². The maximum Gasteiger partial charge on any atom is 0.319 e. The lowest BCUT2D eigenvalue weighted by molar-refractivity contribution is 0.101. The highest BCUT2D eigenvalue weighted by Gasteiger charge is 2.14. The number of nitrogens with one attached hydrogen (secondary N) is 6. The van der Waals surface area contributed by atoms with Gasteiger partial charge in [-0.05, 0) is 135 Å². The zero-order chi connectivity index (χ0) is 60.9. The average Bonchev–Trinajstić information content (AvgIpc) is 3.54. The third-order valence-electron chi connectivity index (χ3n) is 10.7. The van der Waals surface area contributed by atoms with Crippen LogP contribution in [0.5, 0.6) is 0 Å². The normalized spacial score (nSPS) is 11.1. The van der Waals surface area contributed by atoms with Crippen molar-refractivity contribution in [2.75, 3.05) is 55.2 Å². The molecule has 0 saturated carbocycles. The summed E-state index contributed by atoms with van der Waals surface area (Å²) in [4.78, 5) is 49.0. The van der Waals surface area contributed by atoms with Crippen LogP contribution in [0.3, 0.4) is 0 Å². The SMILES string of the molecule is CC(=O)c1cc(NC(=O)NCCCN(CCCN=C(NN=C(N)N)Nc2cc(C(C)=NN=C(N)N)cc(C(C)=NN=C(N)N)c2)CCCN=C(NN=C(N)N)Nc2cc(C(C)=NN=C(N)N)cc(C(C)=NN=C(N)N)c2)cc(C(C)=O)c1.Cl.Cl.Cl.Cl.Cl.Cl.Cl. The number of nitrogens with zero attached hydrogens (tertiary/aromatic N) is 13. The fourth-order valence-electron chi connectivity index (χ4n) is 6.80. The van der Waals surface area contributed by atoms with E-state index in [4.69, 9.17) is 78.8 Å². The molecule has 2 amide bonds. The predicted molar refractivity (Wildman–Crippen MR) is 379 cm³/mol. The number of amides is 2. The van der Waals surface area contributed by atoms with Gasteiger partial charge in [-0.1, -0.05) is 0 Å². The molecule has 0 atom stereocenters. The van der Waals surface area contributed by atoms with Gasteiger partial charge in [0.25, 0.3) is 0 Å². The molecule has 0 bridgehead atoms. The number of hydrogen-bond donors (Lipinski definition) is 18. The third-order valence-corrected chi connectivity index (χ3v) is 10.7. The topological polar surface area (TPSA) is 587 Å². The van der Waals surface area contributed by atoms with Crippen LogP contribution in [-0.4, -0.2) is 132 Å². The molecule has 89 heavy (non-hydrogen) atoms. The number of Topliss-reactive ketones (excluding diaryl/α,β-unsaturated/α-hetero) is 2. The maximum absolute atomic E-state index is 13.1. The molecule has 30 N–H and O–H groups in total. The third kappa shape index (κ3) is 36.1. The van der Waals surface area contributed by atoms with E-state index < -0.39 is 6.03 Å².